The van der Waals surface area contributed by atoms with Crippen molar-refractivity contribution < 1.29 is 13.5 Å². The highest BCUT2D eigenvalue weighted by atomic mass is 32.2. The first-order valence-corrected chi connectivity index (χ1v) is 9.28. The van der Waals surface area contributed by atoms with Crippen molar-refractivity contribution in [1.29, 1.82) is 0 Å². The van der Waals surface area contributed by atoms with Crippen molar-refractivity contribution in [3.63, 3.8) is 0 Å². The number of benzene rings is 1. The number of hydrogen-bond acceptors (Lipinski definition) is 4. The van der Waals surface area contributed by atoms with Crippen LogP contribution in [0.25, 0.3) is 0 Å². The summed E-state index contributed by atoms with van der Waals surface area (Å²) in [5, 5.41) is 13.0. The molecule has 2 N–H and O–H groups in total. The molecule has 1 atom stereocenters. The minimum Gasteiger partial charge on any atom is -0.392 e. The molecule has 0 aliphatic heterocycles. The van der Waals surface area contributed by atoms with Crippen LogP contribution in [-0.4, -0.2) is 19.6 Å². The van der Waals surface area contributed by atoms with Crippen molar-refractivity contribution in [3.05, 3.63) is 57.8 Å². The van der Waals surface area contributed by atoms with Gasteiger partial charge >= 0.3 is 0 Å². The van der Waals surface area contributed by atoms with E-state index >= 15 is 0 Å². The van der Waals surface area contributed by atoms with E-state index < -0.39 is 10.0 Å². The largest absolute Gasteiger partial charge is 0.392 e. The highest BCUT2D eigenvalue weighted by Gasteiger charge is 2.15. The first-order valence-electron chi connectivity index (χ1n) is 6.68. The highest BCUT2D eigenvalue weighted by molar-refractivity contribution is 7.88. The zero-order valence-corrected chi connectivity index (χ0v) is 13.5. The fraction of sp³-hybridized carbons (Fsp3) is 0.333. The Kier molecular flexibility index (Phi) is 5.52. The van der Waals surface area contributed by atoms with E-state index in [1.54, 1.807) is 35.6 Å². The number of aliphatic hydroxyl groups excluding tert-OH is 1. The number of rotatable bonds is 7. The normalized spacial score (nSPS) is 13.2. The van der Waals surface area contributed by atoms with E-state index in [1.165, 1.54) is 0 Å². The number of hydrogen-bond donors (Lipinski definition) is 2. The van der Waals surface area contributed by atoms with Gasteiger partial charge < -0.3 is 5.11 Å². The molecule has 4 nitrogen and oxygen atoms in total. The molecule has 1 aromatic carbocycles. The third-order valence-corrected chi connectivity index (χ3v) is 5.27. The Morgan fingerprint density at radius 1 is 1.14 bits per heavy atom. The maximum atomic E-state index is 12.1. The molecular weight excluding hydrogens is 306 g/mol. The summed E-state index contributed by atoms with van der Waals surface area (Å²) in [7, 11) is -3.37. The van der Waals surface area contributed by atoms with Crippen LogP contribution in [0.4, 0.5) is 0 Å². The Hall–Kier alpha value is -1.21. The second-order valence-electron chi connectivity index (χ2n) is 5.09. The molecule has 21 heavy (non-hydrogen) atoms. The minimum atomic E-state index is -3.37. The molecule has 0 aliphatic carbocycles. The summed E-state index contributed by atoms with van der Waals surface area (Å²) in [6.07, 6.45) is 0.687. The number of thiophene rings is 1. The lowest BCUT2D eigenvalue weighted by Crippen LogP contribution is -2.34. The van der Waals surface area contributed by atoms with E-state index in [2.05, 4.69) is 4.72 Å². The van der Waals surface area contributed by atoms with E-state index in [-0.39, 0.29) is 18.4 Å². The van der Waals surface area contributed by atoms with Gasteiger partial charge in [-0.3, -0.25) is 0 Å². The molecule has 2 rings (SSSR count). The van der Waals surface area contributed by atoms with Crippen LogP contribution in [0.3, 0.4) is 0 Å². The van der Waals surface area contributed by atoms with Gasteiger partial charge in [0.25, 0.3) is 0 Å². The summed E-state index contributed by atoms with van der Waals surface area (Å²) in [4.78, 5) is 0. The zero-order valence-electron chi connectivity index (χ0n) is 11.8. The highest BCUT2D eigenvalue weighted by Crippen LogP contribution is 2.11. The van der Waals surface area contributed by atoms with Crippen molar-refractivity contribution >= 4 is 21.4 Å². The average molecular weight is 325 g/mol. The molecule has 2 aromatic rings. The standard InChI is InChI=1S/C15H19NO3S2/c1-12(8-15-6-7-20-10-15)16-21(18,19)11-14-4-2-13(9-17)3-5-14/h2-7,10,12,16-17H,8-9,11H2,1H3. The van der Waals surface area contributed by atoms with Crippen LogP contribution >= 0.6 is 11.3 Å². The third kappa shape index (κ3) is 5.24. The summed E-state index contributed by atoms with van der Waals surface area (Å²) >= 11 is 1.61. The van der Waals surface area contributed by atoms with E-state index in [9.17, 15) is 8.42 Å². The molecule has 0 radical (unpaired) electrons. The molecule has 0 bridgehead atoms. The smallest absolute Gasteiger partial charge is 0.216 e. The molecule has 1 aromatic heterocycles. The maximum Gasteiger partial charge on any atom is 0.216 e. The van der Waals surface area contributed by atoms with Gasteiger partial charge in [0.1, 0.15) is 0 Å². The molecule has 1 heterocycles. The van der Waals surface area contributed by atoms with Crippen molar-refractivity contribution in [1.82, 2.24) is 4.72 Å². The minimum absolute atomic E-state index is 0.0387. The van der Waals surface area contributed by atoms with Crippen molar-refractivity contribution in [2.75, 3.05) is 0 Å². The Balaban J connectivity index is 1.94. The van der Waals surface area contributed by atoms with Crippen molar-refractivity contribution in [2.45, 2.75) is 31.7 Å². The van der Waals surface area contributed by atoms with Gasteiger partial charge in [0.05, 0.1) is 12.4 Å². The molecule has 0 saturated carbocycles. The SMILES string of the molecule is CC(Cc1ccsc1)NS(=O)(=O)Cc1ccc(CO)cc1. The quantitative estimate of drug-likeness (QED) is 0.821. The molecule has 0 spiro atoms. The fourth-order valence-electron chi connectivity index (χ4n) is 2.11. The summed E-state index contributed by atoms with van der Waals surface area (Å²) in [5.41, 5.74) is 2.62. The average Bonchev–Trinajstić information content (AvgIpc) is 2.91. The summed E-state index contributed by atoms with van der Waals surface area (Å²) in [6.45, 7) is 1.83. The van der Waals surface area contributed by atoms with Crippen molar-refractivity contribution in [3.8, 4) is 0 Å². The van der Waals surface area contributed by atoms with Gasteiger partial charge in [0, 0.05) is 6.04 Å². The van der Waals surface area contributed by atoms with Gasteiger partial charge in [-0.25, -0.2) is 13.1 Å². The lowest BCUT2D eigenvalue weighted by atomic mass is 10.1. The van der Waals surface area contributed by atoms with E-state index in [4.69, 9.17) is 5.11 Å². The second kappa shape index (κ2) is 7.17. The maximum absolute atomic E-state index is 12.1. The molecule has 0 amide bonds. The fourth-order valence-corrected chi connectivity index (χ4v) is 4.21. The van der Waals surface area contributed by atoms with Crippen LogP contribution in [0.15, 0.2) is 41.1 Å². The number of sulfonamides is 1. The van der Waals surface area contributed by atoms with E-state index in [1.807, 2.05) is 23.8 Å². The monoisotopic (exact) mass is 325 g/mol. The van der Waals surface area contributed by atoms with Gasteiger partial charge in [0.2, 0.25) is 10.0 Å². The zero-order chi connectivity index (χ0) is 15.3. The Morgan fingerprint density at radius 2 is 1.81 bits per heavy atom. The van der Waals surface area contributed by atoms with Gasteiger partial charge in [-0.05, 0) is 46.9 Å². The van der Waals surface area contributed by atoms with Crippen LogP contribution in [0.2, 0.25) is 0 Å². The summed E-state index contributed by atoms with van der Waals surface area (Å²) < 4.78 is 27.0. The summed E-state index contributed by atoms with van der Waals surface area (Å²) in [6, 6.07) is 8.80. The van der Waals surface area contributed by atoms with Crippen LogP contribution in [0.5, 0.6) is 0 Å². The number of aliphatic hydroxyl groups is 1. The first kappa shape index (κ1) is 16.2. The Bertz CT molecular complexity index is 649. The van der Waals surface area contributed by atoms with Gasteiger partial charge in [-0.2, -0.15) is 11.3 Å². The van der Waals surface area contributed by atoms with Crippen LogP contribution in [-0.2, 0) is 28.8 Å². The van der Waals surface area contributed by atoms with Crippen LogP contribution in [0.1, 0.15) is 23.6 Å². The molecule has 0 saturated heterocycles. The predicted molar refractivity (Wildman–Crippen MR) is 85.6 cm³/mol. The predicted octanol–water partition coefficient (Wildman–Crippen LogP) is 2.29. The third-order valence-electron chi connectivity index (χ3n) is 3.06. The van der Waals surface area contributed by atoms with E-state index in [0.717, 1.165) is 11.1 Å². The number of nitrogens with one attached hydrogen (secondary N) is 1. The lowest BCUT2D eigenvalue weighted by molar-refractivity contribution is 0.282. The molecule has 114 valence electrons. The van der Waals surface area contributed by atoms with Crippen molar-refractivity contribution in [2.24, 2.45) is 0 Å². The molecule has 0 aliphatic rings. The molecule has 6 heteroatoms. The molecular formula is C15H19NO3S2. The van der Waals surface area contributed by atoms with Gasteiger partial charge in [0.15, 0.2) is 0 Å². The Labute approximate surface area is 129 Å². The summed E-state index contributed by atoms with van der Waals surface area (Å²) in [5.74, 6) is -0.0489. The van der Waals surface area contributed by atoms with Gasteiger partial charge in [-0.15, -0.1) is 0 Å². The second-order valence-corrected chi connectivity index (χ2v) is 7.62. The topological polar surface area (TPSA) is 66.4 Å². The van der Waals surface area contributed by atoms with Crippen LogP contribution < -0.4 is 4.72 Å². The first-order chi connectivity index (χ1) is 9.98. The molecule has 0 fully saturated rings. The Morgan fingerprint density at radius 3 is 2.38 bits per heavy atom. The molecule has 1 unspecified atom stereocenters. The van der Waals surface area contributed by atoms with Gasteiger partial charge in [-0.1, -0.05) is 24.3 Å². The lowest BCUT2D eigenvalue weighted by Gasteiger charge is -2.13. The van der Waals surface area contributed by atoms with E-state index in [0.29, 0.717) is 12.0 Å². The van der Waals surface area contributed by atoms with Crippen LogP contribution in [0, 0.1) is 0 Å².